The molecule has 1 aromatic rings. The van der Waals surface area contributed by atoms with E-state index in [0.717, 1.165) is 30.9 Å². The van der Waals surface area contributed by atoms with Gasteiger partial charge in [0.05, 0.1) is 11.9 Å². The number of piperazine rings is 1. The molecule has 0 spiro atoms. The van der Waals surface area contributed by atoms with E-state index in [2.05, 4.69) is 20.7 Å². The van der Waals surface area contributed by atoms with E-state index in [1.807, 2.05) is 18.1 Å². The lowest BCUT2D eigenvalue weighted by molar-refractivity contribution is -0.127. The molecule has 0 bridgehead atoms. The molecule has 2 aliphatic rings. The maximum Gasteiger partial charge on any atom is 0.246 e. The third-order valence-electron chi connectivity index (χ3n) is 5.15. The lowest BCUT2D eigenvalue weighted by atomic mass is 9.85. The second-order valence-corrected chi connectivity index (χ2v) is 7.09. The first kappa shape index (κ1) is 22.4. The van der Waals surface area contributed by atoms with Gasteiger partial charge in [0.25, 0.3) is 0 Å². The van der Waals surface area contributed by atoms with Crippen molar-refractivity contribution in [2.75, 3.05) is 44.7 Å². The highest BCUT2D eigenvalue weighted by atomic mass is 127. The molecule has 2 fully saturated rings. The third kappa shape index (κ3) is 5.58. The molecule has 2 amide bonds. The number of guanidine groups is 1. The van der Waals surface area contributed by atoms with Crippen molar-refractivity contribution >= 4 is 47.4 Å². The number of anilines is 1. The summed E-state index contributed by atoms with van der Waals surface area (Å²) in [5.41, 5.74) is 0.826. The van der Waals surface area contributed by atoms with Gasteiger partial charge in [-0.3, -0.25) is 19.3 Å². The summed E-state index contributed by atoms with van der Waals surface area (Å²) in [5, 5.41) is 10.4. The number of carbonyl (C=O) groups excluding carboxylic acids is 2. The molecule has 1 saturated heterocycles. The minimum absolute atomic E-state index is 0. The molecule has 10 heteroatoms. The van der Waals surface area contributed by atoms with Gasteiger partial charge in [-0.25, -0.2) is 0 Å². The van der Waals surface area contributed by atoms with Crippen molar-refractivity contribution in [1.82, 2.24) is 25.3 Å². The van der Waals surface area contributed by atoms with E-state index >= 15 is 0 Å². The molecule has 2 heterocycles. The van der Waals surface area contributed by atoms with Gasteiger partial charge in [0.2, 0.25) is 11.8 Å². The summed E-state index contributed by atoms with van der Waals surface area (Å²) in [6, 6.07) is 0. The van der Waals surface area contributed by atoms with E-state index < -0.39 is 0 Å². The SMILES string of the molecule is CN=C(NCCCNC(=O)C1CCC1)N1CCN(c2cnn(C)c2)C(=O)C1.I. The van der Waals surface area contributed by atoms with Gasteiger partial charge in [-0.15, -0.1) is 24.0 Å². The number of nitrogens with one attached hydrogen (secondary N) is 2. The Kier molecular flexibility index (Phi) is 8.52. The number of nitrogens with zero attached hydrogens (tertiary/aromatic N) is 5. The molecule has 0 unspecified atom stereocenters. The Labute approximate surface area is 182 Å². The summed E-state index contributed by atoms with van der Waals surface area (Å²) < 4.78 is 1.69. The van der Waals surface area contributed by atoms with Crippen LogP contribution in [0.1, 0.15) is 25.7 Å². The summed E-state index contributed by atoms with van der Waals surface area (Å²) >= 11 is 0. The van der Waals surface area contributed by atoms with Gasteiger partial charge < -0.3 is 20.4 Å². The molecule has 1 saturated carbocycles. The maximum atomic E-state index is 12.5. The zero-order chi connectivity index (χ0) is 19.2. The minimum Gasteiger partial charge on any atom is -0.356 e. The normalized spacial score (nSPS) is 17.8. The van der Waals surface area contributed by atoms with E-state index in [-0.39, 0.29) is 48.3 Å². The Morgan fingerprint density at radius 1 is 1.29 bits per heavy atom. The molecule has 156 valence electrons. The fourth-order valence-corrected chi connectivity index (χ4v) is 3.32. The number of hydrogen-bond acceptors (Lipinski definition) is 4. The van der Waals surface area contributed by atoms with Crippen molar-refractivity contribution in [3.63, 3.8) is 0 Å². The number of halogens is 1. The van der Waals surface area contributed by atoms with Gasteiger partial charge in [0, 0.05) is 52.4 Å². The van der Waals surface area contributed by atoms with Gasteiger partial charge in [-0.1, -0.05) is 6.42 Å². The first-order chi connectivity index (χ1) is 13.1. The van der Waals surface area contributed by atoms with E-state index in [9.17, 15) is 9.59 Å². The second-order valence-electron chi connectivity index (χ2n) is 7.09. The Morgan fingerprint density at radius 2 is 2.04 bits per heavy atom. The van der Waals surface area contributed by atoms with E-state index in [0.29, 0.717) is 26.2 Å². The highest BCUT2D eigenvalue weighted by Crippen LogP contribution is 2.26. The van der Waals surface area contributed by atoms with Crippen LogP contribution in [0.2, 0.25) is 0 Å². The topological polar surface area (TPSA) is 94.9 Å². The highest BCUT2D eigenvalue weighted by molar-refractivity contribution is 14.0. The third-order valence-corrected chi connectivity index (χ3v) is 5.15. The molecule has 3 rings (SSSR count). The number of hydrogen-bond donors (Lipinski definition) is 2. The van der Waals surface area contributed by atoms with Crippen molar-refractivity contribution in [2.45, 2.75) is 25.7 Å². The summed E-state index contributed by atoms with van der Waals surface area (Å²) in [4.78, 5) is 32.3. The van der Waals surface area contributed by atoms with Crippen LogP contribution in [0.25, 0.3) is 0 Å². The van der Waals surface area contributed by atoms with Crippen LogP contribution in [0, 0.1) is 5.92 Å². The van der Waals surface area contributed by atoms with E-state index in [4.69, 9.17) is 0 Å². The number of rotatable bonds is 6. The molecule has 28 heavy (non-hydrogen) atoms. The van der Waals surface area contributed by atoms with Crippen molar-refractivity contribution in [2.24, 2.45) is 18.0 Å². The first-order valence-electron chi connectivity index (χ1n) is 9.61. The fourth-order valence-electron chi connectivity index (χ4n) is 3.32. The summed E-state index contributed by atoms with van der Waals surface area (Å²) in [7, 11) is 3.56. The Balaban J connectivity index is 0.00000280. The first-order valence-corrected chi connectivity index (χ1v) is 9.61. The molecule has 0 atom stereocenters. The fraction of sp³-hybridized carbons (Fsp3) is 0.667. The standard InChI is InChI=1S/C18H29N7O2.HI/c1-19-18(21-8-4-7-20-17(27)14-5-3-6-14)24-9-10-25(16(26)13-24)15-11-22-23(2)12-15;/h11-12,14H,3-10,13H2,1-2H3,(H,19,21)(H,20,27);1H. The Hall–Kier alpha value is -1.85. The summed E-state index contributed by atoms with van der Waals surface area (Å²) in [6.07, 6.45) is 7.59. The molecule has 0 aromatic carbocycles. The summed E-state index contributed by atoms with van der Waals surface area (Å²) in [6.45, 7) is 2.95. The van der Waals surface area contributed by atoms with Gasteiger partial charge >= 0.3 is 0 Å². The van der Waals surface area contributed by atoms with E-state index in [1.165, 1.54) is 6.42 Å². The lowest BCUT2D eigenvalue weighted by Crippen LogP contribution is -2.55. The predicted molar refractivity (Wildman–Crippen MR) is 119 cm³/mol. The number of amides is 2. The molecule has 0 radical (unpaired) electrons. The van der Waals surface area contributed by atoms with Crippen LogP contribution in [0.4, 0.5) is 5.69 Å². The van der Waals surface area contributed by atoms with Crippen LogP contribution >= 0.6 is 24.0 Å². The molecular weight excluding hydrogens is 473 g/mol. The van der Waals surface area contributed by atoms with Gasteiger partial charge in [0.15, 0.2) is 5.96 Å². The monoisotopic (exact) mass is 503 g/mol. The zero-order valence-corrected chi connectivity index (χ0v) is 18.9. The number of aromatic nitrogens is 2. The van der Waals surface area contributed by atoms with Crippen LogP contribution in [0.3, 0.4) is 0 Å². The molecule has 1 aliphatic heterocycles. The molecule has 9 nitrogen and oxygen atoms in total. The minimum atomic E-state index is 0. The Morgan fingerprint density at radius 3 is 2.61 bits per heavy atom. The zero-order valence-electron chi connectivity index (χ0n) is 16.6. The predicted octanol–water partition coefficient (Wildman–Crippen LogP) is 0.568. The number of aryl methyl sites for hydroxylation is 1. The smallest absolute Gasteiger partial charge is 0.246 e. The van der Waals surface area contributed by atoms with Crippen molar-refractivity contribution in [3.8, 4) is 0 Å². The van der Waals surface area contributed by atoms with Gasteiger partial charge in [0.1, 0.15) is 6.54 Å². The second kappa shape index (κ2) is 10.6. The van der Waals surface area contributed by atoms with Gasteiger partial charge in [-0.2, -0.15) is 5.10 Å². The van der Waals surface area contributed by atoms with Crippen LogP contribution in [0.15, 0.2) is 17.4 Å². The number of aliphatic imine (C=N–C) groups is 1. The summed E-state index contributed by atoms with van der Waals surface area (Å²) in [5.74, 6) is 1.17. The van der Waals surface area contributed by atoms with Gasteiger partial charge in [-0.05, 0) is 19.3 Å². The maximum absolute atomic E-state index is 12.5. The molecule has 1 aliphatic carbocycles. The van der Waals surface area contributed by atoms with Crippen LogP contribution in [-0.2, 0) is 16.6 Å². The molecule has 2 N–H and O–H groups in total. The van der Waals surface area contributed by atoms with Crippen LogP contribution in [-0.4, -0.2) is 72.2 Å². The van der Waals surface area contributed by atoms with Crippen molar-refractivity contribution < 1.29 is 9.59 Å². The average Bonchev–Trinajstić information content (AvgIpc) is 3.02. The van der Waals surface area contributed by atoms with Crippen molar-refractivity contribution in [3.05, 3.63) is 12.4 Å². The average molecular weight is 503 g/mol. The van der Waals surface area contributed by atoms with E-state index in [1.54, 1.807) is 22.8 Å². The van der Waals surface area contributed by atoms with Crippen molar-refractivity contribution in [1.29, 1.82) is 0 Å². The van der Waals surface area contributed by atoms with Crippen LogP contribution < -0.4 is 15.5 Å². The lowest BCUT2D eigenvalue weighted by Gasteiger charge is -2.35. The molecular formula is C18H30IN7O2. The Bertz CT molecular complexity index is 702. The highest BCUT2D eigenvalue weighted by Gasteiger charge is 2.27. The quantitative estimate of drug-likeness (QED) is 0.256. The largest absolute Gasteiger partial charge is 0.356 e. The van der Waals surface area contributed by atoms with Crippen LogP contribution in [0.5, 0.6) is 0 Å². The number of carbonyl (C=O) groups is 2. The molecule has 1 aromatic heterocycles.